The molecule has 30 heavy (non-hydrogen) atoms. The molecule has 0 aliphatic rings. The molecule has 2 aromatic rings. The number of nitrogens with zero attached hydrogens (tertiary/aromatic N) is 3. The van der Waals surface area contributed by atoms with Gasteiger partial charge in [-0.2, -0.15) is 4.98 Å². The minimum absolute atomic E-state index is 0.107. The van der Waals surface area contributed by atoms with Gasteiger partial charge >= 0.3 is 5.97 Å². The number of hydrogen-bond acceptors (Lipinski definition) is 8. The summed E-state index contributed by atoms with van der Waals surface area (Å²) in [6, 6.07) is 5.60. The molecule has 0 radical (unpaired) electrons. The number of benzene rings is 1. The number of nitrogens with one attached hydrogen (secondary N) is 1. The highest BCUT2D eigenvalue weighted by Gasteiger charge is 2.20. The summed E-state index contributed by atoms with van der Waals surface area (Å²) in [7, 11) is 4.70. The highest BCUT2D eigenvalue weighted by atomic mass is 16.5. The van der Waals surface area contributed by atoms with Gasteiger partial charge < -0.3 is 29.0 Å². The summed E-state index contributed by atoms with van der Waals surface area (Å²) in [4.78, 5) is 33.1. The summed E-state index contributed by atoms with van der Waals surface area (Å²) in [6.07, 6.45) is 2.26. The molecule has 0 bridgehead atoms. The number of likely N-dealkylation sites (N-methyl/N-ethyl adjacent to an activating group) is 1. The molecule has 0 fully saturated rings. The summed E-state index contributed by atoms with van der Waals surface area (Å²) < 4.78 is 15.3. The van der Waals surface area contributed by atoms with Gasteiger partial charge in [0.25, 0.3) is 11.9 Å². The molecule has 164 valence electrons. The lowest BCUT2D eigenvalue weighted by molar-refractivity contribution is 0.0602. The molecule has 9 heteroatoms. The second-order valence-electron chi connectivity index (χ2n) is 6.68. The summed E-state index contributed by atoms with van der Waals surface area (Å²) in [5, 5.41) is 2.73. The van der Waals surface area contributed by atoms with E-state index < -0.39 is 11.9 Å². The number of anilines is 3. The van der Waals surface area contributed by atoms with Crippen LogP contribution < -0.4 is 15.1 Å². The van der Waals surface area contributed by atoms with Crippen molar-refractivity contribution in [1.29, 1.82) is 0 Å². The van der Waals surface area contributed by atoms with E-state index in [-0.39, 0.29) is 11.3 Å². The molecule has 0 aliphatic carbocycles. The Morgan fingerprint density at radius 3 is 2.60 bits per heavy atom. The van der Waals surface area contributed by atoms with Crippen LogP contribution >= 0.6 is 0 Å². The highest BCUT2D eigenvalue weighted by molar-refractivity contribution is 6.07. The van der Waals surface area contributed by atoms with E-state index in [1.54, 1.807) is 31.2 Å². The fourth-order valence-corrected chi connectivity index (χ4v) is 2.91. The SMILES string of the molecule is CCCN(CC)c1ccc(NC(=O)c2coc(N(C)CCOC)n2)c(C(=O)OC)c1. The topological polar surface area (TPSA) is 97.1 Å². The third-order valence-corrected chi connectivity index (χ3v) is 4.58. The minimum atomic E-state index is -0.528. The lowest BCUT2D eigenvalue weighted by atomic mass is 10.1. The van der Waals surface area contributed by atoms with E-state index in [0.717, 1.165) is 25.2 Å². The average molecular weight is 418 g/mol. The Bertz CT molecular complexity index is 852. The van der Waals surface area contributed by atoms with Crippen molar-refractivity contribution in [2.45, 2.75) is 20.3 Å². The maximum Gasteiger partial charge on any atom is 0.340 e. The molecule has 0 aliphatic heterocycles. The maximum absolute atomic E-state index is 12.7. The molecule has 0 saturated heterocycles. The summed E-state index contributed by atoms with van der Waals surface area (Å²) in [5.74, 6) is -1.01. The van der Waals surface area contributed by atoms with Gasteiger partial charge in [-0.25, -0.2) is 4.79 Å². The molecule has 1 aromatic heterocycles. The molecule has 9 nitrogen and oxygen atoms in total. The zero-order valence-corrected chi connectivity index (χ0v) is 18.2. The first-order valence-electron chi connectivity index (χ1n) is 9.89. The van der Waals surface area contributed by atoms with Crippen LogP contribution in [0.2, 0.25) is 0 Å². The zero-order chi connectivity index (χ0) is 22.1. The number of carbonyl (C=O) groups excluding carboxylic acids is 2. The Morgan fingerprint density at radius 1 is 1.20 bits per heavy atom. The molecule has 1 aromatic carbocycles. The van der Waals surface area contributed by atoms with E-state index in [2.05, 4.69) is 29.0 Å². The molecule has 1 amide bonds. The lowest BCUT2D eigenvalue weighted by Crippen LogP contribution is -2.24. The van der Waals surface area contributed by atoms with Crippen molar-refractivity contribution in [3.05, 3.63) is 35.7 Å². The van der Waals surface area contributed by atoms with Gasteiger partial charge in [-0.05, 0) is 31.5 Å². The number of amides is 1. The van der Waals surface area contributed by atoms with Gasteiger partial charge in [0.15, 0.2) is 5.69 Å². The standard InChI is InChI=1S/C21H30N4O5/c1-6-10-25(7-2)15-8-9-17(16(13-15)20(27)29-5)22-19(26)18-14-30-21(23-18)24(3)11-12-28-4/h8-9,13-14H,6-7,10-12H2,1-5H3,(H,22,26). The Kier molecular flexibility index (Phi) is 8.67. The largest absolute Gasteiger partial charge is 0.465 e. The number of esters is 1. The molecule has 1 N–H and O–H groups in total. The van der Waals surface area contributed by atoms with E-state index in [1.807, 2.05) is 6.07 Å². The van der Waals surface area contributed by atoms with Gasteiger partial charge in [0, 0.05) is 39.5 Å². The van der Waals surface area contributed by atoms with Crippen molar-refractivity contribution in [2.24, 2.45) is 0 Å². The van der Waals surface area contributed by atoms with E-state index in [9.17, 15) is 9.59 Å². The summed E-state index contributed by atoms with van der Waals surface area (Å²) in [5.41, 5.74) is 1.62. The number of methoxy groups -OCH3 is 2. The molecule has 2 rings (SSSR count). The summed E-state index contributed by atoms with van der Waals surface area (Å²) in [6.45, 7) is 6.88. The van der Waals surface area contributed by atoms with Crippen LogP contribution in [-0.4, -0.2) is 64.4 Å². The molecule has 0 spiro atoms. The van der Waals surface area contributed by atoms with Crippen LogP contribution in [0.3, 0.4) is 0 Å². The van der Waals surface area contributed by atoms with Gasteiger partial charge in [-0.3, -0.25) is 4.79 Å². The van der Waals surface area contributed by atoms with Crippen LogP contribution in [0.25, 0.3) is 0 Å². The maximum atomic E-state index is 12.7. The quantitative estimate of drug-likeness (QED) is 0.556. The predicted molar refractivity (Wildman–Crippen MR) is 116 cm³/mol. The first-order chi connectivity index (χ1) is 14.4. The van der Waals surface area contributed by atoms with Crippen LogP contribution in [0.1, 0.15) is 41.1 Å². The van der Waals surface area contributed by atoms with E-state index in [4.69, 9.17) is 13.9 Å². The Hall–Kier alpha value is -3.07. The second-order valence-corrected chi connectivity index (χ2v) is 6.68. The molecular weight excluding hydrogens is 388 g/mol. The zero-order valence-electron chi connectivity index (χ0n) is 18.2. The molecular formula is C21H30N4O5. The first kappa shape index (κ1) is 23.2. The second kappa shape index (κ2) is 11.2. The van der Waals surface area contributed by atoms with Gasteiger partial charge in [0.1, 0.15) is 6.26 Å². The number of aromatic nitrogens is 1. The third kappa shape index (κ3) is 5.73. The van der Waals surface area contributed by atoms with Gasteiger partial charge in [-0.15, -0.1) is 0 Å². The fraction of sp³-hybridized carbons (Fsp3) is 0.476. The van der Waals surface area contributed by atoms with Crippen molar-refractivity contribution in [3.8, 4) is 0 Å². The minimum Gasteiger partial charge on any atom is -0.465 e. The number of hydrogen-bond donors (Lipinski definition) is 1. The van der Waals surface area contributed by atoms with Crippen LogP contribution in [-0.2, 0) is 9.47 Å². The van der Waals surface area contributed by atoms with Crippen LogP contribution in [0, 0.1) is 0 Å². The van der Waals surface area contributed by atoms with Gasteiger partial charge in [-0.1, -0.05) is 6.92 Å². The number of oxazole rings is 1. The number of carbonyl (C=O) groups is 2. The van der Waals surface area contributed by atoms with E-state index >= 15 is 0 Å². The van der Waals surface area contributed by atoms with Crippen molar-refractivity contribution in [2.75, 3.05) is 62.6 Å². The van der Waals surface area contributed by atoms with E-state index in [0.29, 0.717) is 24.9 Å². The van der Waals surface area contributed by atoms with Crippen molar-refractivity contribution < 1.29 is 23.5 Å². The normalized spacial score (nSPS) is 10.6. The van der Waals surface area contributed by atoms with Crippen molar-refractivity contribution in [3.63, 3.8) is 0 Å². The fourth-order valence-electron chi connectivity index (χ4n) is 2.91. The van der Waals surface area contributed by atoms with E-state index in [1.165, 1.54) is 13.4 Å². The van der Waals surface area contributed by atoms with Gasteiger partial charge in [0.2, 0.25) is 0 Å². The lowest BCUT2D eigenvalue weighted by Gasteiger charge is -2.23. The summed E-state index contributed by atoms with van der Waals surface area (Å²) >= 11 is 0. The molecule has 0 saturated carbocycles. The first-order valence-corrected chi connectivity index (χ1v) is 9.89. The third-order valence-electron chi connectivity index (χ3n) is 4.58. The van der Waals surface area contributed by atoms with Crippen molar-refractivity contribution in [1.82, 2.24) is 4.98 Å². The molecule has 1 heterocycles. The Morgan fingerprint density at radius 2 is 1.97 bits per heavy atom. The Balaban J connectivity index is 2.23. The highest BCUT2D eigenvalue weighted by Crippen LogP contribution is 2.25. The monoisotopic (exact) mass is 418 g/mol. The number of rotatable bonds is 11. The van der Waals surface area contributed by atoms with Crippen molar-refractivity contribution >= 4 is 29.3 Å². The molecule has 0 atom stereocenters. The average Bonchev–Trinajstić information content (AvgIpc) is 3.26. The number of ether oxygens (including phenoxy) is 2. The van der Waals surface area contributed by atoms with Crippen LogP contribution in [0.5, 0.6) is 0 Å². The smallest absolute Gasteiger partial charge is 0.340 e. The van der Waals surface area contributed by atoms with Crippen LogP contribution in [0.4, 0.5) is 17.4 Å². The molecule has 0 unspecified atom stereocenters. The van der Waals surface area contributed by atoms with Gasteiger partial charge in [0.05, 0.1) is 25.0 Å². The van der Waals surface area contributed by atoms with Crippen LogP contribution in [0.15, 0.2) is 28.9 Å². The predicted octanol–water partition coefficient (Wildman–Crippen LogP) is 3.03. The Labute approximate surface area is 177 Å².